The summed E-state index contributed by atoms with van der Waals surface area (Å²) in [6, 6.07) is 7.80. The molecule has 0 saturated carbocycles. The van der Waals surface area contributed by atoms with Crippen molar-refractivity contribution in [2.24, 2.45) is 0 Å². The van der Waals surface area contributed by atoms with Gasteiger partial charge in [0.15, 0.2) is 0 Å². The van der Waals surface area contributed by atoms with E-state index in [1.807, 2.05) is 12.1 Å². The fourth-order valence-corrected chi connectivity index (χ4v) is 3.79. The number of aromatic nitrogens is 4. The molecule has 37 heavy (non-hydrogen) atoms. The molecule has 4 aromatic rings. The van der Waals surface area contributed by atoms with Gasteiger partial charge >= 0.3 is 6.36 Å². The van der Waals surface area contributed by atoms with Gasteiger partial charge in [0.25, 0.3) is 0 Å². The number of nitrogens with zero attached hydrogens (tertiary/aromatic N) is 3. The van der Waals surface area contributed by atoms with E-state index in [0.717, 1.165) is 28.2 Å². The number of carbonyl (C=O) groups is 1. The van der Waals surface area contributed by atoms with Crippen LogP contribution in [0.25, 0.3) is 22.4 Å². The monoisotopic (exact) mass is 537 g/mol. The largest absolute Gasteiger partial charge is 0.573 e. The van der Waals surface area contributed by atoms with Crippen molar-refractivity contribution < 1.29 is 27.1 Å². The number of amides is 1. The van der Waals surface area contributed by atoms with Gasteiger partial charge in [-0.15, -0.1) is 23.4 Å². The standard InChI is InChI=1S/C23H23ClF3N7O3/c24-17-8-14(2-3-20(17)37-23(25,26)27)11-28-7-4-21(35)30-6-1-5-29-18-9-15(22-34-32-13-36-22)10-19-16(18)12-31-33-19/h2-3,8-10,12-13,28-29H,1,4-7,11H2,(H,30,35)(H,31,33). The molecule has 0 aliphatic heterocycles. The summed E-state index contributed by atoms with van der Waals surface area (Å²) in [6.07, 6.45) is -0.878. The van der Waals surface area contributed by atoms with Crippen molar-refractivity contribution in [1.29, 1.82) is 0 Å². The highest BCUT2D eigenvalue weighted by molar-refractivity contribution is 6.32. The number of hydrogen-bond donors (Lipinski definition) is 4. The number of aromatic amines is 1. The Morgan fingerprint density at radius 1 is 1.16 bits per heavy atom. The number of halogens is 4. The van der Waals surface area contributed by atoms with Crippen LogP contribution in [0.5, 0.6) is 5.75 Å². The molecule has 10 nitrogen and oxygen atoms in total. The summed E-state index contributed by atoms with van der Waals surface area (Å²) >= 11 is 5.84. The molecule has 4 N–H and O–H groups in total. The van der Waals surface area contributed by atoms with E-state index in [-0.39, 0.29) is 17.4 Å². The Labute approximate surface area is 213 Å². The van der Waals surface area contributed by atoms with Crippen LogP contribution >= 0.6 is 11.6 Å². The normalized spacial score (nSPS) is 11.6. The van der Waals surface area contributed by atoms with Crippen LogP contribution in [0.1, 0.15) is 18.4 Å². The van der Waals surface area contributed by atoms with Crippen molar-refractivity contribution in [2.75, 3.05) is 25.0 Å². The van der Waals surface area contributed by atoms with Crippen molar-refractivity contribution in [2.45, 2.75) is 25.7 Å². The quantitative estimate of drug-likeness (QED) is 0.197. The molecule has 4 rings (SSSR count). The zero-order valence-electron chi connectivity index (χ0n) is 19.4. The Hall–Kier alpha value is -3.84. The zero-order chi connectivity index (χ0) is 26.3. The van der Waals surface area contributed by atoms with Crippen molar-refractivity contribution >= 4 is 34.1 Å². The summed E-state index contributed by atoms with van der Waals surface area (Å²) in [5, 5.41) is 24.7. The van der Waals surface area contributed by atoms with E-state index in [9.17, 15) is 18.0 Å². The summed E-state index contributed by atoms with van der Waals surface area (Å²) < 4.78 is 46.1. The van der Waals surface area contributed by atoms with Crippen LogP contribution in [-0.4, -0.2) is 52.3 Å². The lowest BCUT2D eigenvalue weighted by molar-refractivity contribution is -0.274. The Morgan fingerprint density at radius 2 is 2.03 bits per heavy atom. The van der Waals surface area contributed by atoms with Gasteiger partial charge < -0.3 is 25.1 Å². The minimum Gasteiger partial charge on any atom is -0.423 e. The van der Waals surface area contributed by atoms with Crippen LogP contribution in [0.2, 0.25) is 5.02 Å². The van der Waals surface area contributed by atoms with E-state index in [0.29, 0.717) is 44.1 Å². The summed E-state index contributed by atoms with van der Waals surface area (Å²) in [5.74, 6) is -0.174. The van der Waals surface area contributed by atoms with Crippen LogP contribution in [0.3, 0.4) is 0 Å². The van der Waals surface area contributed by atoms with Crippen LogP contribution in [-0.2, 0) is 11.3 Å². The van der Waals surface area contributed by atoms with Crippen molar-refractivity contribution in [3.05, 3.63) is 53.5 Å². The molecule has 0 aliphatic rings. The molecule has 0 saturated heterocycles. The number of carbonyl (C=O) groups excluding carboxylic acids is 1. The lowest BCUT2D eigenvalue weighted by Crippen LogP contribution is -2.29. The van der Waals surface area contributed by atoms with E-state index >= 15 is 0 Å². The molecule has 2 heterocycles. The number of fused-ring (bicyclic) bond motifs is 1. The Kier molecular flexibility index (Phi) is 8.46. The predicted molar refractivity (Wildman–Crippen MR) is 130 cm³/mol. The number of hydrogen-bond acceptors (Lipinski definition) is 8. The number of alkyl halides is 3. The summed E-state index contributed by atoms with van der Waals surface area (Å²) in [4.78, 5) is 12.1. The minimum absolute atomic E-state index is 0.116. The average Bonchev–Trinajstić information content (AvgIpc) is 3.54. The number of benzene rings is 2. The number of H-pyrrole nitrogens is 1. The Morgan fingerprint density at radius 3 is 2.78 bits per heavy atom. The highest BCUT2D eigenvalue weighted by Crippen LogP contribution is 2.31. The topological polar surface area (TPSA) is 130 Å². The fourth-order valence-electron chi connectivity index (χ4n) is 3.54. The van der Waals surface area contributed by atoms with E-state index in [1.165, 1.54) is 18.5 Å². The van der Waals surface area contributed by atoms with E-state index in [2.05, 4.69) is 41.1 Å². The lowest BCUT2D eigenvalue weighted by Gasteiger charge is -2.12. The van der Waals surface area contributed by atoms with E-state index < -0.39 is 12.1 Å². The maximum absolute atomic E-state index is 12.3. The first-order valence-electron chi connectivity index (χ1n) is 11.3. The van der Waals surface area contributed by atoms with Gasteiger partial charge in [0, 0.05) is 49.2 Å². The lowest BCUT2D eigenvalue weighted by atomic mass is 10.1. The van der Waals surface area contributed by atoms with Gasteiger partial charge in [0.2, 0.25) is 18.2 Å². The molecule has 2 aromatic carbocycles. The third kappa shape index (κ3) is 7.57. The third-order valence-electron chi connectivity index (χ3n) is 5.24. The Bertz CT molecular complexity index is 1330. The first-order valence-corrected chi connectivity index (χ1v) is 11.7. The molecular weight excluding hydrogens is 515 g/mol. The minimum atomic E-state index is -4.81. The highest BCUT2D eigenvalue weighted by Gasteiger charge is 2.32. The van der Waals surface area contributed by atoms with Gasteiger partial charge in [-0.25, -0.2) is 0 Å². The van der Waals surface area contributed by atoms with Crippen molar-refractivity contribution in [1.82, 2.24) is 31.0 Å². The fraction of sp³-hybridized carbons (Fsp3) is 0.304. The van der Waals surface area contributed by atoms with Crippen LogP contribution in [0.15, 0.2) is 47.3 Å². The van der Waals surface area contributed by atoms with Gasteiger partial charge in [-0.05, 0) is 36.2 Å². The van der Waals surface area contributed by atoms with Gasteiger partial charge in [-0.3, -0.25) is 9.89 Å². The number of anilines is 1. The molecule has 14 heteroatoms. The average molecular weight is 538 g/mol. The van der Waals surface area contributed by atoms with Gasteiger partial charge in [0.1, 0.15) is 5.75 Å². The SMILES string of the molecule is O=C(CCNCc1ccc(OC(F)(F)F)c(Cl)c1)NCCCNc1cc(-c2nnco2)cc2[nH]ncc12. The third-order valence-corrected chi connectivity index (χ3v) is 5.53. The molecule has 0 spiro atoms. The molecule has 1 amide bonds. The van der Waals surface area contributed by atoms with Crippen molar-refractivity contribution in [3.8, 4) is 17.2 Å². The van der Waals surface area contributed by atoms with Gasteiger partial charge in [-0.1, -0.05) is 17.7 Å². The molecule has 0 aliphatic carbocycles. The van der Waals surface area contributed by atoms with Gasteiger partial charge in [0.05, 0.1) is 16.7 Å². The van der Waals surface area contributed by atoms with Crippen LogP contribution < -0.4 is 20.7 Å². The number of nitrogens with one attached hydrogen (secondary N) is 4. The molecule has 0 atom stereocenters. The molecule has 196 valence electrons. The highest BCUT2D eigenvalue weighted by atomic mass is 35.5. The number of ether oxygens (including phenoxy) is 1. The van der Waals surface area contributed by atoms with E-state index in [1.54, 1.807) is 6.20 Å². The summed E-state index contributed by atoms with van der Waals surface area (Å²) in [5.41, 5.74) is 3.10. The van der Waals surface area contributed by atoms with E-state index in [4.69, 9.17) is 16.0 Å². The first kappa shape index (κ1) is 26.2. The molecule has 0 radical (unpaired) electrons. The maximum Gasteiger partial charge on any atom is 0.573 e. The predicted octanol–water partition coefficient (Wildman–Crippen LogP) is 4.26. The first-order chi connectivity index (χ1) is 17.8. The Balaban J connectivity index is 1.14. The van der Waals surface area contributed by atoms with Crippen LogP contribution in [0.4, 0.5) is 18.9 Å². The van der Waals surface area contributed by atoms with Crippen LogP contribution in [0, 0.1) is 0 Å². The van der Waals surface area contributed by atoms with Crippen molar-refractivity contribution in [3.63, 3.8) is 0 Å². The molecule has 2 aromatic heterocycles. The summed E-state index contributed by atoms with van der Waals surface area (Å²) in [6.45, 7) is 1.83. The summed E-state index contributed by atoms with van der Waals surface area (Å²) in [7, 11) is 0. The molecule has 0 unspecified atom stereocenters. The smallest absolute Gasteiger partial charge is 0.423 e. The van der Waals surface area contributed by atoms with Gasteiger partial charge in [-0.2, -0.15) is 5.10 Å². The second kappa shape index (κ2) is 11.9. The molecule has 0 fully saturated rings. The zero-order valence-corrected chi connectivity index (χ0v) is 20.1. The molecule has 0 bridgehead atoms. The second-order valence-electron chi connectivity index (χ2n) is 7.97. The maximum atomic E-state index is 12.3. The molecular formula is C23H23ClF3N7O3. The number of rotatable bonds is 12. The second-order valence-corrected chi connectivity index (χ2v) is 8.38.